The van der Waals surface area contributed by atoms with Gasteiger partial charge in [0.15, 0.2) is 0 Å². The van der Waals surface area contributed by atoms with E-state index in [1.165, 1.54) is 11.1 Å². The fourth-order valence-electron chi connectivity index (χ4n) is 1.74. The van der Waals surface area contributed by atoms with Crippen LogP contribution in [0.4, 0.5) is 0 Å². The maximum Gasteiger partial charge on any atom is 0.319 e. The van der Waals surface area contributed by atoms with Gasteiger partial charge in [0.1, 0.15) is 5.41 Å². The van der Waals surface area contributed by atoms with Gasteiger partial charge < -0.3 is 10.0 Å². The van der Waals surface area contributed by atoms with E-state index in [9.17, 15) is 9.59 Å². The van der Waals surface area contributed by atoms with E-state index in [2.05, 4.69) is 9.97 Å². The summed E-state index contributed by atoms with van der Waals surface area (Å²) in [5.74, 6) is -1.39. The van der Waals surface area contributed by atoms with Crippen LogP contribution in [0.15, 0.2) is 18.6 Å². The minimum absolute atomic E-state index is 0.279. The van der Waals surface area contributed by atoms with Crippen molar-refractivity contribution in [1.82, 2.24) is 14.9 Å². The second-order valence-corrected chi connectivity index (χ2v) is 4.25. The van der Waals surface area contributed by atoms with Gasteiger partial charge in [0.2, 0.25) is 5.91 Å². The number of hydrogen-bond acceptors (Lipinski definition) is 4. The molecule has 0 unspecified atom stereocenters. The molecule has 6 heteroatoms. The highest BCUT2D eigenvalue weighted by atomic mass is 16.4. The maximum atomic E-state index is 12.0. The number of carbonyl (C=O) groups is 2. The molecule has 0 aliphatic heterocycles. The van der Waals surface area contributed by atoms with E-state index in [4.69, 9.17) is 5.11 Å². The summed E-state index contributed by atoms with van der Waals surface area (Å²) in [7, 11) is 1.58. The number of amides is 1. The Morgan fingerprint density at radius 1 is 1.47 bits per heavy atom. The van der Waals surface area contributed by atoms with Crippen molar-refractivity contribution in [2.24, 2.45) is 5.41 Å². The lowest BCUT2D eigenvalue weighted by atomic mass is 10.1. The predicted molar refractivity (Wildman–Crippen MR) is 57.8 cm³/mol. The number of aromatic nitrogens is 2. The first-order chi connectivity index (χ1) is 8.06. The summed E-state index contributed by atoms with van der Waals surface area (Å²) in [5.41, 5.74) is -0.540. The van der Waals surface area contributed by atoms with Crippen molar-refractivity contribution in [1.29, 1.82) is 0 Å². The molecule has 0 bridgehead atoms. The van der Waals surface area contributed by atoms with Gasteiger partial charge in [0.05, 0.1) is 18.4 Å². The molecule has 1 fully saturated rings. The molecule has 1 aromatic heterocycles. The average Bonchev–Trinajstić information content (AvgIpc) is 3.10. The Hall–Kier alpha value is -1.98. The standard InChI is InChI=1S/C11H13N3O3/c1-14(7-8-6-12-4-5-13-8)9(15)11(2-3-11)10(16)17/h4-6H,2-3,7H2,1H3,(H,16,17). The second kappa shape index (κ2) is 4.12. The van der Waals surface area contributed by atoms with E-state index in [0.717, 1.165) is 0 Å². The zero-order valence-corrected chi connectivity index (χ0v) is 9.46. The molecule has 90 valence electrons. The normalized spacial score (nSPS) is 16.3. The van der Waals surface area contributed by atoms with Crippen LogP contribution in [0.1, 0.15) is 18.5 Å². The largest absolute Gasteiger partial charge is 0.480 e. The van der Waals surface area contributed by atoms with Crippen LogP contribution in [-0.4, -0.2) is 38.9 Å². The van der Waals surface area contributed by atoms with Crippen LogP contribution in [0, 0.1) is 5.41 Å². The topological polar surface area (TPSA) is 83.4 Å². The van der Waals surface area contributed by atoms with E-state index < -0.39 is 11.4 Å². The van der Waals surface area contributed by atoms with Crippen molar-refractivity contribution in [2.75, 3.05) is 7.05 Å². The Balaban J connectivity index is 2.04. The van der Waals surface area contributed by atoms with Crippen molar-refractivity contribution in [2.45, 2.75) is 19.4 Å². The van der Waals surface area contributed by atoms with E-state index in [1.807, 2.05) is 0 Å². The quantitative estimate of drug-likeness (QED) is 0.759. The van der Waals surface area contributed by atoms with Crippen molar-refractivity contribution in [3.05, 3.63) is 24.3 Å². The lowest BCUT2D eigenvalue weighted by molar-refractivity contribution is -0.153. The van der Waals surface area contributed by atoms with Crippen LogP contribution >= 0.6 is 0 Å². The van der Waals surface area contributed by atoms with Crippen LogP contribution in [-0.2, 0) is 16.1 Å². The number of hydrogen-bond donors (Lipinski definition) is 1. The average molecular weight is 235 g/mol. The summed E-state index contributed by atoms with van der Waals surface area (Å²) in [5, 5.41) is 9.01. The van der Waals surface area contributed by atoms with Crippen LogP contribution in [0.2, 0.25) is 0 Å². The SMILES string of the molecule is CN(Cc1cnccn1)C(=O)C1(C(=O)O)CC1. The molecule has 17 heavy (non-hydrogen) atoms. The van der Waals surface area contributed by atoms with E-state index in [1.54, 1.807) is 19.4 Å². The summed E-state index contributed by atoms with van der Waals surface area (Å²) in [6.07, 6.45) is 5.49. The van der Waals surface area contributed by atoms with Gasteiger partial charge in [-0.05, 0) is 12.8 Å². The van der Waals surface area contributed by atoms with Gasteiger partial charge >= 0.3 is 5.97 Å². The van der Waals surface area contributed by atoms with E-state index in [0.29, 0.717) is 18.5 Å². The Labute approximate surface area is 98.3 Å². The van der Waals surface area contributed by atoms with Crippen molar-refractivity contribution < 1.29 is 14.7 Å². The van der Waals surface area contributed by atoms with Crippen LogP contribution in [0.25, 0.3) is 0 Å². The molecule has 6 nitrogen and oxygen atoms in total. The molecule has 0 radical (unpaired) electrons. The smallest absolute Gasteiger partial charge is 0.319 e. The van der Waals surface area contributed by atoms with Gasteiger partial charge in [0, 0.05) is 19.4 Å². The molecule has 0 spiro atoms. The summed E-state index contributed by atoms with van der Waals surface area (Å²) < 4.78 is 0. The van der Waals surface area contributed by atoms with Crippen molar-refractivity contribution in [3.8, 4) is 0 Å². The minimum atomic E-state index is -1.18. The third kappa shape index (κ3) is 2.11. The molecule has 2 rings (SSSR count). The predicted octanol–water partition coefficient (Wildman–Crippen LogP) is 0.300. The first-order valence-corrected chi connectivity index (χ1v) is 5.30. The molecule has 1 heterocycles. The van der Waals surface area contributed by atoms with Crippen LogP contribution in [0.5, 0.6) is 0 Å². The van der Waals surface area contributed by atoms with Crippen LogP contribution in [0.3, 0.4) is 0 Å². The fraction of sp³-hybridized carbons (Fsp3) is 0.455. The molecule has 0 aromatic carbocycles. The minimum Gasteiger partial charge on any atom is -0.480 e. The molecule has 1 N–H and O–H groups in total. The first-order valence-electron chi connectivity index (χ1n) is 5.30. The number of carbonyl (C=O) groups excluding carboxylic acids is 1. The number of rotatable bonds is 4. The van der Waals surface area contributed by atoms with Gasteiger partial charge in [-0.25, -0.2) is 0 Å². The number of carboxylic acids is 1. The molecule has 0 saturated heterocycles. The molecular formula is C11H13N3O3. The fourth-order valence-corrected chi connectivity index (χ4v) is 1.74. The van der Waals surface area contributed by atoms with Gasteiger partial charge in [-0.2, -0.15) is 0 Å². The highest BCUT2D eigenvalue weighted by Crippen LogP contribution is 2.47. The Bertz CT molecular complexity index is 443. The van der Waals surface area contributed by atoms with Gasteiger partial charge in [-0.15, -0.1) is 0 Å². The molecule has 1 aromatic rings. The molecule has 1 amide bonds. The zero-order valence-electron chi connectivity index (χ0n) is 9.46. The maximum absolute atomic E-state index is 12.0. The number of carboxylic acid groups (broad SMARTS) is 1. The molecule has 0 atom stereocenters. The molecule has 1 saturated carbocycles. The Morgan fingerprint density at radius 3 is 2.65 bits per heavy atom. The highest BCUT2D eigenvalue weighted by Gasteiger charge is 2.58. The summed E-state index contributed by atoms with van der Waals surface area (Å²) in [6.45, 7) is 0.279. The first kappa shape index (κ1) is 11.5. The van der Waals surface area contributed by atoms with E-state index >= 15 is 0 Å². The summed E-state index contributed by atoms with van der Waals surface area (Å²) in [6, 6.07) is 0. The number of nitrogens with zero attached hydrogens (tertiary/aromatic N) is 3. The Kier molecular flexibility index (Phi) is 2.79. The lowest BCUT2D eigenvalue weighted by Crippen LogP contribution is -2.38. The molecular weight excluding hydrogens is 222 g/mol. The van der Waals surface area contributed by atoms with Gasteiger partial charge in [0.25, 0.3) is 0 Å². The molecule has 1 aliphatic carbocycles. The monoisotopic (exact) mass is 235 g/mol. The number of aliphatic carboxylic acids is 1. The summed E-state index contributed by atoms with van der Waals surface area (Å²) in [4.78, 5) is 32.3. The van der Waals surface area contributed by atoms with Crippen molar-refractivity contribution >= 4 is 11.9 Å². The Morgan fingerprint density at radius 2 is 2.18 bits per heavy atom. The highest BCUT2D eigenvalue weighted by molar-refractivity contribution is 6.04. The van der Waals surface area contributed by atoms with Crippen LogP contribution < -0.4 is 0 Å². The third-order valence-electron chi connectivity index (χ3n) is 2.93. The van der Waals surface area contributed by atoms with Gasteiger partial charge in [-0.1, -0.05) is 0 Å². The van der Waals surface area contributed by atoms with Crippen molar-refractivity contribution in [3.63, 3.8) is 0 Å². The molecule has 1 aliphatic rings. The second-order valence-electron chi connectivity index (χ2n) is 4.25. The van der Waals surface area contributed by atoms with Gasteiger partial charge in [-0.3, -0.25) is 19.6 Å². The lowest BCUT2D eigenvalue weighted by Gasteiger charge is -2.20. The summed E-state index contributed by atoms with van der Waals surface area (Å²) >= 11 is 0. The zero-order chi connectivity index (χ0) is 12.5. The third-order valence-corrected chi connectivity index (χ3v) is 2.93. The van der Waals surface area contributed by atoms with E-state index in [-0.39, 0.29) is 12.5 Å².